The molecule has 12 heteroatoms. The smallest absolute Gasteiger partial charge is 0.242 e. The summed E-state index contributed by atoms with van der Waals surface area (Å²) in [4.78, 5) is 47.4. The quantitative estimate of drug-likeness (QED) is 0.125. The first kappa shape index (κ1) is 31.9. The van der Waals surface area contributed by atoms with Crippen LogP contribution in [0.1, 0.15) is 47.0 Å². The van der Waals surface area contributed by atoms with E-state index in [0.29, 0.717) is 26.1 Å². The number of aliphatic hydroxyl groups excluding tert-OH is 2. The van der Waals surface area contributed by atoms with Crippen molar-refractivity contribution in [1.82, 2.24) is 21.3 Å². The third kappa shape index (κ3) is 17.4. The predicted octanol–water partition coefficient (Wildman–Crippen LogP) is -2.25. The van der Waals surface area contributed by atoms with Crippen molar-refractivity contribution in [3.63, 3.8) is 0 Å². The number of ether oxygens (including phenoxy) is 1. The van der Waals surface area contributed by atoms with Gasteiger partial charge in [0, 0.05) is 39.1 Å². The molecule has 0 saturated carbocycles. The number of aliphatic hydroxyl groups is 2. The average molecular weight is 464 g/mol. The van der Waals surface area contributed by atoms with Crippen LogP contribution in [0.2, 0.25) is 0 Å². The van der Waals surface area contributed by atoms with Crippen molar-refractivity contribution in [3.8, 4) is 0 Å². The second-order valence-electron chi connectivity index (χ2n) is 6.71. The van der Waals surface area contributed by atoms with Crippen molar-refractivity contribution in [1.29, 1.82) is 0 Å². The van der Waals surface area contributed by atoms with E-state index in [1.807, 2.05) is 13.8 Å². The highest BCUT2D eigenvalue weighted by Gasteiger charge is 2.20. The van der Waals surface area contributed by atoms with Gasteiger partial charge in [0.2, 0.25) is 23.6 Å². The van der Waals surface area contributed by atoms with Crippen LogP contribution in [0, 0.1) is 0 Å². The molecular weight excluding hydrogens is 422 g/mol. The predicted molar refractivity (Wildman–Crippen MR) is 119 cm³/mol. The van der Waals surface area contributed by atoms with Crippen LogP contribution in [0.3, 0.4) is 0 Å². The largest absolute Gasteiger partial charge is 0.394 e. The third-order valence-corrected chi connectivity index (χ3v) is 3.85. The fraction of sp³-hybridized carbons (Fsp3) is 0.800. The minimum Gasteiger partial charge on any atom is -0.394 e. The summed E-state index contributed by atoms with van der Waals surface area (Å²) in [5.74, 6) is -1.68. The molecular formula is C20H41N5O7. The van der Waals surface area contributed by atoms with E-state index in [-0.39, 0.29) is 44.4 Å². The summed E-state index contributed by atoms with van der Waals surface area (Å²) in [6.07, 6.45) is -0.527. The summed E-state index contributed by atoms with van der Waals surface area (Å²) in [7, 11) is 0. The molecule has 0 aliphatic heterocycles. The zero-order valence-corrected chi connectivity index (χ0v) is 19.6. The van der Waals surface area contributed by atoms with Crippen molar-refractivity contribution in [3.05, 3.63) is 0 Å². The van der Waals surface area contributed by atoms with Crippen molar-refractivity contribution in [2.24, 2.45) is 5.73 Å². The Bertz CT molecular complexity index is 548. The van der Waals surface area contributed by atoms with Crippen molar-refractivity contribution >= 4 is 23.6 Å². The molecule has 0 aliphatic rings. The van der Waals surface area contributed by atoms with E-state index in [0.717, 1.165) is 0 Å². The topological polar surface area (TPSA) is 192 Å². The van der Waals surface area contributed by atoms with Crippen LogP contribution in [0.15, 0.2) is 0 Å². The molecule has 0 aromatic carbocycles. The van der Waals surface area contributed by atoms with Gasteiger partial charge < -0.3 is 42.0 Å². The first-order valence-corrected chi connectivity index (χ1v) is 10.9. The average Bonchev–Trinajstić information content (AvgIpc) is 2.79. The number of rotatable bonds is 16. The first-order valence-electron chi connectivity index (χ1n) is 10.9. The number of hydrogen-bond donors (Lipinski definition) is 7. The van der Waals surface area contributed by atoms with Gasteiger partial charge in [-0.25, -0.2) is 0 Å². The fourth-order valence-corrected chi connectivity index (χ4v) is 2.12. The summed E-state index contributed by atoms with van der Waals surface area (Å²) >= 11 is 0. The van der Waals surface area contributed by atoms with E-state index in [1.54, 1.807) is 0 Å². The molecule has 0 aromatic heterocycles. The molecule has 0 aliphatic carbocycles. The van der Waals surface area contributed by atoms with Gasteiger partial charge >= 0.3 is 0 Å². The molecule has 0 spiro atoms. The van der Waals surface area contributed by atoms with Crippen LogP contribution >= 0.6 is 0 Å². The Morgan fingerprint density at radius 2 is 1.50 bits per heavy atom. The Labute approximate surface area is 190 Å². The maximum Gasteiger partial charge on any atom is 0.242 e. The molecule has 0 rings (SSSR count). The first-order chi connectivity index (χ1) is 15.2. The standard InChI is InChI=1S/C18H35N5O7.C2H6/c1-12(17(28)21-8-6-19)23-18(29)13(2)22-16(27)5-4-15(26)20-7-3-9-30-11-14(25)10-24;1-2/h12-14,24-25H,3-11,19H2,1-2H3,(H,20,26)(H,21,28)(H,22,27)(H,23,29);1-2H3/t12-,13?,14?;/m0./s1. The Morgan fingerprint density at radius 1 is 0.906 bits per heavy atom. The lowest BCUT2D eigenvalue weighted by atomic mass is 10.2. The molecule has 0 heterocycles. The van der Waals surface area contributed by atoms with Gasteiger partial charge in [-0.3, -0.25) is 19.2 Å². The lowest BCUT2D eigenvalue weighted by molar-refractivity contribution is -0.132. The molecule has 2 unspecified atom stereocenters. The zero-order valence-electron chi connectivity index (χ0n) is 19.6. The van der Waals surface area contributed by atoms with Crippen molar-refractivity contribution in [2.45, 2.75) is 65.1 Å². The molecule has 12 nitrogen and oxygen atoms in total. The fourth-order valence-electron chi connectivity index (χ4n) is 2.12. The third-order valence-electron chi connectivity index (χ3n) is 3.85. The van der Waals surface area contributed by atoms with Gasteiger partial charge in [0.25, 0.3) is 0 Å². The molecule has 0 aromatic rings. The van der Waals surface area contributed by atoms with Gasteiger partial charge in [0.05, 0.1) is 13.2 Å². The zero-order chi connectivity index (χ0) is 24.9. The second-order valence-corrected chi connectivity index (χ2v) is 6.71. The van der Waals surface area contributed by atoms with Gasteiger partial charge in [-0.05, 0) is 20.3 Å². The normalized spacial score (nSPS) is 13.0. The Balaban J connectivity index is 0. The maximum absolute atomic E-state index is 12.0. The van der Waals surface area contributed by atoms with Crippen LogP contribution in [0.4, 0.5) is 0 Å². The molecule has 0 bridgehead atoms. The Kier molecular flexibility index (Phi) is 20.6. The lowest BCUT2D eigenvalue weighted by Gasteiger charge is -2.18. The highest BCUT2D eigenvalue weighted by Crippen LogP contribution is 1.94. The summed E-state index contributed by atoms with van der Waals surface area (Å²) in [5.41, 5.74) is 5.29. The minimum atomic E-state index is -0.917. The lowest BCUT2D eigenvalue weighted by Crippen LogP contribution is -2.52. The molecule has 3 atom stereocenters. The van der Waals surface area contributed by atoms with Crippen LogP contribution in [0.25, 0.3) is 0 Å². The number of carbonyl (C=O) groups is 4. The van der Waals surface area contributed by atoms with Crippen molar-refractivity contribution < 1.29 is 34.1 Å². The summed E-state index contributed by atoms with van der Waals surface area (Å²) < 4.78 is 5.10. The number of hydrogen-bond acceptors (Lipinski definition) is 8. The van der Waals surface area contributed by atoms with E-state index in [9.17, 15) is 19.2 Å². The molecule has 4 amide bonds. The Morgan fingerprint density at radius 3 is 2.09 bits per heavy atom. The summed E-state index contributed by atoms with van der Waals surface area (Å²) in [6, 6.07) is -1.64. The molecule has 0 fully saturated rings. The van der Waals surface area contributed by atoms with Gasteiger partial charge in [-0.15, -0.1) is 0 Å². The van der Waals surface area contributed by atoms with Crippen LogP contribution < -0.4 is 27.0 Å². The monoisotopic (exact) mass is 463 g/mol. The van der Waals surface area contributed by atoms with E-state index < -0.39 is 30.0 Å². The highest BCUT2D eigenvalue weighted by molar-refractivity contribution is 5.92. The van der Waals surface area contributed by atoms with E-state index in [1.165, 1.54) is 13.8 Å². The highest BCUT2D eigenvalue weighted by atomic mass is 16.5. The number of carbonyl (C=O) groups excluding carboxylic acids is 4. The van der Waals surface area contributed by atoms with Crippen LogP contribution in [-0.2, 0) is 23.9 Å². The summed E-state index contributed by atoms with van der Waals surface area (Å²) in [6.45, 7) is 7.89. The van der Waals surface area contributed by atoms with Gasteiger partial charge in [0.1, 0.15) is 18.2 Å². The number of nitrogens with one attached hydrogen (secondary N) is 4. The van der Waals surface area contributed by atoms with Gasteiger partial charge in [-0.1, -0.05) is 13.8 Å². The molecule has 8 N–H and O–H groups in total. The second kappa shape index (κ2) is 20.6. The Hall–Kier alpha value is -2.28. The van der Waals surface area contributed by atoms with Crippen LogP contribution in [-0.4, -0.2) is 91.5 Å². The SMILES string of the molecule is CC.CC(NC(=O)CCC(=O)NCCCOCC(O)CO)C(=O)N[C@@H](C)C(=O)NCCN. The number of nitrogens with two attached hydrogens (primary N) is 1. The molecule has 188 valence electrons. The van der Waals surface area contributed by atoms with E-state index >= 15 is 0 Å². The number of amides is 4. The maximum atomic E-state index is 12.0. The van der Waals surface area contributed by atoms with Gasteiger partial charge in [-0.2, -0.15) is 0 Å². The van der Waals surface area contributed by atoms with Gasteiger partial charge in [0.15, 0.2) is 0 Å². The van der Waals surface area contributed by atoms with E-state index in [2.05, 4.69) is 21.3 Å². The molecule has 0 saturated heterocycles. The van der Waals surface area contributed by atoms with Crippen molar-refractivity contribution in [2.75, 3.05) is 39.5 Å². The minimum absolute atomic E-state index is 0.0214. The molecule has 0 radical (unpaired) electrons. The molecule has 32 heavy (non-hydrogen) atoms. The van der Waals surface area contributed by atoms with Crippen LogP contribution in [0.5, 0.6) is 0 Å². The summed E-state index contributed by atoms with van der Waals surface area (Å²) in [5, 5.41) is 27.9. The van der Waals surface area contributed by atoms with E-state index in [4.69, 9.17) is 20.7 Å².